The number of nitriles is 1. The molecule has 0 radical (unpaired) electrons. The van der Waals surface area contributed by atoms with Gasteiger partial charge < -0.3 is 5.32 Å². The molecule has 0 aliphatic rings. The molecule has 0 bridgehead atoms. The summed E-state index contributed by atoms with van der Waals surface area (Å²) in [4.78, 5) is 4.26. The summed E-state index contributed by atoms with van der Waals surface area (Å²) < 4.78 is 0. The average Bonchev–Trinajstić information content (AvgIpc) is 2.39. The van der Waals surface area contributed by atoms with Crippen LogP contribution >= 0.6 is 0 Å². The van der Waals surface area contributed by atoms with E-state index in [1.54, 1.807) is 6.20 Å². The number of nitrogens with zero attached hydrogens (tertiary/aromatic N) is 2. The summed E-state index contributed by atoms with van der Waals surface area (Å²) in [5.41, 5.74) is 2.22. The number of pyridine rings is 1. The fraction of sp³-hybridized carbons (Fsp3) is 0.200. The van der Waals surface area contributed by atoms with E-state index in [1.165, 1.54) is 0 Å². The van der Waals surface area contributed by atoms with Crippen molar-refractivity contribution in [2.45, 2.75) is 19.4 Å². The van der Waals surface area contributed by atoms with Crippen LogP contribution in [0.2, 0.25) is 0 Å². The number of fused-ring (bicyclic) bond motifs is 1. The van der Waals surface area contributed by atoms with Crippen molar-refractivity contribution in [3.8, 4) is 18.4 Å². The molecule has 0 aliphatic carbocycles. The third-order valence-corrected chi connectivity index (χ3v) is 2.71. The molecule has 3 heteroatoms. The second kappa shape index (κ2) is 5.21. The molecule has 0 aliphatic heterocycles. The first-order valence-corrected chi connectivity index (χ1v) is 5.74. The van der Waals surface area contributed by atoms with Crippen LogP contribution in [0.5, 0.6) is 0 Å². The van der Waals surface area contributed by atoms with Crippen molar-refractivity contribution in [3.05, 3.63) is 36.0 Å². The van der Waals surface area contributed by atoms with E-state index in [2.05, 4.69) is 22.3 Å². The van der Waals surface area contributed by atoms with Crippen LogP contribution in [0, 0.1) is 23.7 Å². The van der Waals surface area contributed by atoms with Crippen LogP contribution in [0.15, 0.2) is 30.5 Å². The van der Waals surface area contributed by atoms with Gasteiger partial charge in [0.25, 0.3) is 0 Å². The van der Waals surface area contributed by atoms with Crippen LogP contribution < -0.4 is 5.32 Å². The highest BCUT2D eigenvalue weighted by Gasteiger charge is 2.10. The first-order valence-electron chi connectivity index (χ1n) is 5.74. The van der Waals surface area contributed by atoms with Gasteiger partial charge in [-0.05, 0) is 13.0 Å². The standard InChI is InChI=1S/C15H13N3/c1-3-6-11(2)18-15-12(9-16)10-17-14-8-5-4-7-13(14)15/h1,4-5,7-8,10-11H,6H2,2H3,(H,17,18). The van der Waals surface area contributed by atoms with E-state index >= 15 is 0 Å². The number of hydrogen-bond acceptors (Lipinski definition) is 3. The molecule has 0 spiro atoms. The lowest BCUT2D eigenvalue weighted by molar-refractivity contribution is 0.829. The minimum atomic E-state index is 0.118. The molecule has 3 nitrogen and oxygen atoms in total. The summed E-state index contributed by atoms with van der Waals surface area (Å²) in [5.74, 6) is 2.61. The van der Waals surface area contributed by atoms with Crippen molar-refractivity contribution in [2.75, 3.05) is 5.32 Å². The third-order valence-electron chi connectivity index (χ3n) is 2.71. The summed E-state index contributed by atoms with van der Waals surface area (Å²) in [6.07, 6.45) is 7.50. The molecular weight excluding hydrogens is 222 g/mol. The van der Waals surface area contributed by atoms with E-state index in [0.29, 0.717) is 12.0 Å². The smallest absolute Gasteiger partial charge is 0.103 e. The molecule has 1 heterocycles. The molecule has 0 saturated carbocycles. The van der Waals surface area contributed by atoms with E-state index in [4.69, 9.17) is 11.7 Å². The van der Waals surface area contributed by atoms with E-state index < -0.39 is 0 Å². The zero-order valence-electron chi connectivity index (χ0n) is 10.1. The number of rotatable bonds is 3. The Balaban J connectivity index is 2.52. The lowest BCUT2D eigenvalue weighted by Gasteiger charge is -2.15. The molecule has 0 saturated heterocycles. The molecule has 1 N–H and O–H groups in total. The Kier molecular flexibility index (Phi) is 3.46. The molecule has 2 aromatic rings. The highest BCUT2D eigenvalue weighted by atomic mass is 14.9. The number of anilines is 1. The van der Waals surface area contributed by atoms with E-state index in [-0.39, 0.29) is 6.04 Å². The van der Waals surface area contributed by atoms with Crippen molar-refractivity contribution < 1.29 is 0 Å². The van der Waals surface area contributed by atoms with E-state index in [9.17, 15) is 0 Å². The van der Waals surface area contributed by atoms with Crippen LogP contribution in [0.4, 0.5) is 5.69 Å². The largest absolute Gasteiger partial charge is 0.380 e. The molecule has 1 aromatic carbocycles. The molecule has 18 heavy (non-hydrogen) atoms. The maximum Gasteiger partial charge on any atom is 0.103 e. The van der Waals surface area contributed by atoms with Crippen molar-refractivity contribution in [1.29, 1.82) is 5.26 Å². The van der Waals surface area contributed by atoms with Gasteiger partial charge in [0, 0.05) is 24.0 Å². The van der Waals surface area contributed by atoms with Gasteiger partial charge in [-0.2, -0.15) is 5.26 Å². The second-order valence-electron chi connectivity index (χ2n) is 4.13. The van der Waals surface area contributed by atoms with Crippen molar-refractivity contribution in [2.24, 2.45) is 0 Å². The van der Waals surface area contributed by atoms with Gasteiger partial charge in [-0.25, -0.2) is 0 Å². The first-order chi connectivity index (χ1) is 8.76. The topological polar surface area (TPSA) is 48.7 Å². The normalized spacial score (nSPS) is 11.5. The molecule has 88 valence electrons. The maximum absolute atomic E-state index is 9.15. The summed E-state index contributed by atoms with van der Waals surface area (Å²) in [5, 5.41) is 13.4. The summed E-state index contributed by atoms with van der Waals surface area (Å²) >= 11 is 0. The first kappa shape index (κ1) is 12.0. The van der Waals surface area contributed by atoms with Gasteiger partial charge in [-0.3, -0.25) is 4.98 Å². The molecule has 0 amide bonds. The van der Waals surface area contributed by atoms with E-state index in [1.807, 2.05) is 31.2 Å². The highest BCUT2D eigenvalue weighted by molar-refractivity contribution is 5.93. The van der Waals surface area contributed by atoms with Crippen molar-refractivity contribution in [1.82, 2.24) is 4.98 Å². The quantitative estimate of drug-likeness (QED) is 0.832. The Morgan fingerprint density at radius 1 is 1.44 bits per heavy atom. The minimum absolute atomic E-state index is 0.118. The fourth-order valence-electron chi connectivity index (χ4n) is 1.86. The zero-order valence-corrected chi connectivity index (χ0v) is 10.1. The Morgan fingerprint density at radius 2 is 2.22 bits per heavy atom. The minimum Gasteiger partial charge on any atom is -0.380 e. The van der Waals surface area contributed by atoms with Gasteiger partial charge in [-0.15, -0.1) is 12.3 Å². The number of benzene rings is 1. The summed E-state index contributed by atoms with van der Waals surface area (Å²) in [7, 11) is 0. The number of nitrogens with one attached hydrogen (secondary N) is 1. The van der Waals surface area contributed by atoms with Gasteiger partial charge in [0.15, 0.2) is 0 Å². The lowest BCUT2D eigenvalue weighted by atomic mass is 10.1. The number of terminal acetylenes is 1. The number of aromatic nitrogens is 1. The Labute approximate surface area is 106 Å². The summed E-state index contributed by atoms with van der Waals surface area (Å²) in [6.45, 7) is 2.00. The SMILES string of the molecule is C#CCC(C)Nc1c(C#N)cnc2ccccc12. The van der Waals surface area contributed by atoms with E-state index in [0.717, 1.165) is 16.6 Å². The predicted octanol–water partition coefficient (Wildman–Crippen LogP) is 2.93. The highest BCUT2D eigenvalue weighted by Crippen LogP contribution is 2.26. The molecule has 1 atom stereocenters. The maximum atomic E-state index is 9.15. The summed E-state index contributed by atoms with van der Waals surface area (Å²) in [6, 6.07) is 10.0. The third kappa shape index (κ3) is 2.26. The molecule has 1 aromatic heterocycles. The number of para-hydroxylation sites is 1. The van der Waals surface area contributed by atoms with Crippen molar-refractivity contribution >= 4 is 16.6 Å². The molecule has 0 fully saturated rings. The van der Waals surface area contributed by atoms with Crippen LogP contribution in [0.3, 0.4) is 0 Å². The monoisotopic (exact) mass is 235 g/mol. The lowest BCUT2D eigenvalue weighted by Crippen LogP contribution is -2.15. The molecular formula is C15H13N3. The molecule has 2 rings (SSSR count). The van der Waals surface area contributed by atoms with Gasteiger partial charge in [-0.1, -0.05) is 18.2 Å². The van der Waals surface area contributed by atoms with Gasteiger partial charge in [0.2, 0.25) is 0 Å². The average molecular weight is 235 g/mol. The van der Waals surface area contributed by atoms with Gasteiger partial charge in [0.05, 0.1) is 16.8 Å². The van der Waals surface area contributed by atoms with Crippen molar-refractivity contribution in [3.63, 3.8) is 0 Å². The Bertz CT molecular complexity index is 647. The Morgan fingerprint density at radius 3 is 2.94 bits per heavy atom. The van der Waals surface area contributed by atoms with Gasteiger partial charge >= 0.3 is 0 Å². The van der Waals surface area contributed by atoms with Crippen LogP contribution in [0.1, 0.15) is 18.9 Å². The fourth-order valence-corrected chi connectivity index (χ4v) is 1.86. The zero-order chi connectivity index (χ0) is 13.0. The van der Waals surface area contributed by atoms with Gasteiger partial charge in [0.1, 0.15) is 6.07 Å². The number of hydrogen-bond donors (Lipinski definition) is 1. The second-order valence-corrected chi connectivity index (χ2v) is 4.13. The predicted molar refractivity (Wildman–Crippen MR) is 73.0 cm³/mol. The van der Waals surface area contributed by atoms with Crippen LogP contribution in [-0.4, -0.2) is 11.0 Å². The van der Waals surface area contributed by atoms with Crippen LogP contribution in [0.25, 0.3) is 10.9 Å². The Hall–Kier alpha value is -2.52. The van der Waals surface area contributed by atoms with Crippen LogP contribution in [-0.2, 0) is 0 Å². The molecule has 1 unspecified atom stereocenters.